The number of anilines is 1. The minimum Gasteiger partial charge on any atom is -0.297 e. The topological polar surface area (TPSA) is 35.9 Å². The van der Waals surface area contributed by atoms with Crippen LogP contribution in [-0.2, 0) is 17.5 Å². The van der Waals surface area contributed by atoms with Crippen LogP contribution in [0.5, 0.6) is 0 Å². The van der Waals surface area contributed by atoms with E-state index in [9.17, 15) is 22.4 Å². The van der Waals surface area contributed by atoms with Crippen molar-refractivity contribution in [3.8, 4) is 0 Å². The van der Waals surface area contributed by atoms with Crippen molar-refractivity contribution in [1.29, 1.82) is 0 Å². The predicted molar refractivity (Wildman–Crippen MR) is 96.5 cm³/mol. The van der Waals surface area contributed by atoms with Gasteiger partial charge < -0.3 is 0 Å². The van der Waals surface area contributed by atoms with E-state index in [0.717, 1.165) is 6.07 Å². The van der Waals surface area contributed by atoms with E-state index >= 15 is 0 Å². The van der Waals surface area contributed by atoms with Gasteiger partial charge in [0, 0.05) is 17.4 Å². The molecular weight excluding hydrogens is 430 g/mol. The van der Waals surface area contributed by atoms with Crippen molar-refractivity contribution >= 4 is 33.9 Å². The number of benzene rings is 2. The molecule has 0 saturated carbocycles. The average molecular weight is 444 g/mol. The number of amides is 1. The summed E-state index contributed by atoms with van der Waals surface area (Å²) in [5, 5.41) is 5.71. The summed E-state index contributed by atoms with van der Waals surface area (Å²) in [5.74, 6) is 0.0577. The lowest BCUT2D eigenvalue weighted by Gasteiger charge is -2.18. The summed E-state index contributed by atoms with van der Waals surface area (Å²) in [4.78, 5) is 12.8. The maximum absolute atomic E-state index is 13.1. The molecule has 0 fully saturated rings. The number of nitrogens with zero attached hydrogens (tertiary/aromatic N) is 3. The molecule has 2 aromatic carbocycles. The fourth-order valence-electron chi connectivity index (χ4n) is 2.70. The lowest BCUT2D eigenvalue weighted by atomic mass is 10.2. The van der Waals surface area contributed by atoms with Crippen molar-refractivity contribution in [2.24, 2.45) is 5.10 Å². The Labute approximate surface area is 161 Å². The molecule has 0 bridgehead atoms. The Morgan fingerprint density at radius 2 is 1.89 bits per heavy atom. The number of hydrogen-bond acceptors (Lipinski definition) is 3. The van der Waals surface area contributed by atoms with Crippen LogP contribution in [0, 0.1) is 5.82 Å². The summed E-state index contributed by atoms with van der Waals surface area (Å²) in [6, 6.07) is 9.57. The smallest absolute Gasteiger partial charge is 0.297 e. The van der Waals surface area contributed by atoms with Crippen LogP contribution in [0.2, 0.25) is 0 Å². The molecule has 0 aromatic heterocycles. The molecule has 0 aliphatic carbocycles. The minimum absolute atomic E-state index is 0.0482. The zero-order valence-corrected chi connectivity index (χ0v) is 15.5. The summed E-state index contributed by atoms with van der Waals surface area (Å²) >= 11 is 2.91. The normalized spacial score (nSPS) is 14.3. The van der Waals surface area contributed by atoms with Crippen LogP contribution in [0.3, 0.4) is 0 Å². The van der Waals surface area contributed by atoms with Crippen LogP contribution in [0.4, 0.5) is 23.2 Å². The van der Waals surface area contributed by atoms with Gasteiger partial charge in [0.2, 0.25) is 6.41 Å². The maximum atomic E-state index is 13.1. The highest BCUT2D eigenvalue weighted by molar-refractivity contribution is 9.10. The van der Waals surface area contributed by atoms with E-state index in [1.807, 2.05) is 0 Å². The van der Waals surface area contributed by atoms with Crippen LogP contribution in [0.15, 0.2) is 52.0 Å². The number of hydrogen-bond donors (Lipinski definition) is 0. The summed E-state index contributed by atoms with van der Waals surface area (Å²) in [6.07, 6.45) is -3.48. The quantitative estimate of drug-likeness (QED) is 0.503. The van der Waals surface area contributed by atoms with Gasteiger partial charge in [-0.3, -0.25) is 14.7 Å². The molecular formula is C18H14BrF4N3O. The number of halogens is 5. The van der Waals surface area contributed by atoms with Gasteiger partial charge in [0.1, 0.15) is 11.7 Å². The fourth-order valence-corrected chi connectivity index (χ4v) is 3.17. The highest BCUT2D eigenvalue weighted by Gasteiger charge is 2.34. The fraction of sp³-hybridized carbons (Fsp3) is 0.222. The Balaban J connectivity index is 1.80. The highest BCUT2D eigenvalue weighted by Crippen LogP contribution is 2.37. The first-order chi connectivity index (χ1) is 12.8. The van der Waals surface area contributed by atoms with Crippen molar-refractivity contribution in [2.45, 2.75) is 19.1 Å². The molecule has 0 radical (unpaired) electrons. The van der Waals surface area contributed by atoms with Gasteiger partial charge in [0.25, 0.3) is 0 Å². The van der Waals surface area contributed by atoms with E-state index in [-0.39, 0.29) is 22.5 Å². The standard InChI is InChI=1S/C18H14BrF4N3O/c19-16-6-5-14(9-15(16)18(21,22)23)26-8-7-17(24-26)25(11-27)10-12-1-3-13(20)4-2-12/h1-6,9,11H,7-8,10H2. The maximum Gasteiger partial charge on any atom is 0.417 e. The summed E-state index contributed by atoms with van der Waals surface area (Å²) in [7, 11) is 0. The van der Waals surface area contributed by atoms with Crippen LogP contribution in [0.25, 0.3) is 0 Å². The van der Waals surface area contributed by atoms with Gasteiger partial charge in [0.05, 0.1) is 17.8 Å². The average Bonchev–Trinajstić information content (AvgIpc) is 3.10. The Kier molecular flexibility index (Phi) is 5.50. The largest absolute Gasteiger partial charge is 0.417 e. The Morgan fingerprint density at radius 3 is 2.52 bits per heavy atom. The van der Waals surface area contributed by atoms with E-state index in [1.54, 1.807) is 12.1 Å². The third-order valence-electron chi connectivity index (χ3n) is 4.06. The van der Waals surface area contributed by atoms with E-state index in [0.29, 0.717) is 30.8 Å². The number of hydrazone groups is 1. The van der Waals surface area contributed by atoms with E-state index in [4.69, 9.17) is 0 Å². The van der Waals surface area contributed by atoms with Crippen LogP contribution >= 0.6 is 15.9 Å². The van der Waals surface area contributed by atoms with Gasteiger partial charge >= 0.3 is 6.18 Å². The molecule has 4 nitrogen and oxygen atoms in total. The van der Waals surface area contributed by atoms with Gasteiger partial charge in [-0.05, 0) is 35.9 Å². The zero-order chi connectivity index (χ0) is 19.6. The van der Waals surface area contributed by atoms with E-state index < -0.39 is 11.7 Å². The SMILES string of the molecule is O=CN(Cc1ccc(F)cc1)C1=NN(c2ccc(Br)c(C(F)(F)F)c2)CC1. The molecule has 142 valence electrons. The molecule has 0 saturated heterocycles. The summed E-state index contributed by atoms with van der Waals surface area (Å²) in [5.41, 5.74) is 0.211. The van der Waals surface area contributed by atoms with Crippen molar-refractivity contribution in [1.82, 2.24) is 4.90 Å². The van der Waals surface area contributed by atoms with Gasteiger partial charge in [-0.2, -0.15) is 18.3 Å². The van der Waals surface area contributed by atoms with Gasteiger partial charge in [0.15, 0.2) is 0 Å². The van der Waals surface area contributed by atoms with E-state index in [2.05, 4.69) is 21.0 Å². The van der Waals surface area contributed by atoms with Crippen molar-refractivity contribution in [2.75, 3.05) is 11.6 Å². The van der Waals surface area contributed by atoms with Crippen LogP contribution in [-0.4, -0.2) is 23.7 Å². The predicted octanol–water partition coefficient (Wildman–Crippen LogP) is 4.79. The first-order valence-electron chi connectivity index (χ1n) is 7.96. The number of carbonyl (C=O) groups is 1. The van der Waals surface area contributed by atoms with Crippen LogP contribution < -0.4 is 5.01 Å². The molecule has 27 heavy (non-hydrogen) atoms. The number of alkyl halides is 3. The third kappa shape index (κ3) is 4.47. The molecule has 0 atom stereocenters. The third-order valence-corrected chi connectivity index (χ3v) is 4.75. The molecule has 0 N–H and O–H groups in total. The highest BCUT2D eigenvalue weighted by atomic mass is 79.9. The Hall–Kier alpha value is -2.42. The second-order valence-corrected chi connectivity index (χ2v) is 6.77. The van der Waals surface area contributed by atoms with Crippen molar-refractivity contribution < 1.29 is 22.4 Å². The molecule has 3 rings (SSSR count). The number of amidine groups is 1. The molecule has 1 aliphatic rings. The van der Waals surface area contributed by atoms with Gasteiger partial charge in [-0.25, -0.2) is 4.39 Å². The monoisotopic (exact) mass is 443 g/mol. The molecule has 1 heterocycles. The molecule has 1 amide bonds. The molecule has 0 spiro atoms. The lowest BCUT2D eigenvalue weighted by Crippen LogP contribution is -2.27. The van der Waals surface area contributed by atoms with Crippen molar-refractivity contribution in [3.05, 3.63) is 63.9 Å². The summed E-state index contributed by atoms with van der Waals surface area (Å²) in [6.45, 7) is 0.548. The Morgan fingerprint density at radius 1 is 1.19 bits per heavy atom. The van der Waals surface area contributed by atoms with Gasteiger partial charge in [-0.15, -0.1) is 0 Å². The zero-order valence-electron chi connectivity index (χ0n) is 13.9. The molecule has 9 heteroatoms. The van der Waals surface area contributed by atoms with E-state index in [1.165, 1.54) is 34.2 Å². The first kappa shape index (κ1) is 19.3. The molecule has 0 unspecified atom stereocenters. The first-order valence-corrected chi connectivity index (χ1v) is 8.75. The van der Waals surface area contributed by atoms with Crippen molar-refractivity contribution in [3.63, 3.8) is 0 Å². The minimum atomic E-state index is -4.49. The van der Waals surface area contributed by atoms with Gasteiger partial charge in [-0.1, -0.05) is 28.1 Å². The molecule has 2 aromatic rings. The number of carbonyl (C=O) groups excluding carboxylic acids is 1. The second kappa shape index (κ2) is 7.67. The number of rotatable bonds is 4. The summed E-state index contributed by atoms with van der Waals surface area (Å²) < 4.78 is 52.2. The van der Waals surface area contributed by atoms with Crippen LogP contribution in [0.1, 0.15) is 17.5 Å². The molecule has 1 aliphatic heterocycles. The lowest BCUT2D eigenvalue weighted by molar-refractivity contribution is -0.138. The second-order valence-electron chi connectivity index (χ2n) is 5.91. The Bertz CT molecular complexity index is 868.